The zero-order chi connectivity index (χ0) is 17.1. The number of aromatic nitrogens is 1. The van der Waals surface area contributed by atoms with E-state index in [9.17, 15) is 14.3 Å². The lowest BCUT2D eigenvalue weighted by atomic mass is 9.91. The van der Waals surface area contributed by atoms with Gasteiger partial charge >= 0.3 is 6.03 Å². The largest absolute Gasteiger partial charge is 0.394 e. The fourth-order valence-corrected chi connectivity index (χ4v) is 3.24. The third-order valence-corrected chi connectivity index (χ3v) is 4.66. The zero-order valence-electron chi connectivity index (χ0n) is 13.7. The van der Waals surface area contributed by atoms with Gasteiger partial charge in [-0.3, -0.25) is 0 Å². The number of rotatable bonds is 3. The second kappa shape index (κ2) is 7.05. The van der Waals surface area contributed by atoms with Crippen LogP contribution >= 0.6 is 0 Å². The van der Waals surface area contributed by atoms with Gasteiger partial charge in [0.05, 0.1) is 18.3 Å². The molecule has 1 aliphatic heterocycles. The number of hydrogen-bond donors (Lipinski definition) is 2. The fourth-order valence-electron chi connectivity index (χ4n) is 3.24. The van der Waals surface area contributed by atoms with Crippen LogP contribution in [0.3, 0.4) is 0 Å². The van der Waals surface area contributed by atoms with E-state index in [4.69, 9.17) is 0 Å². The van der Waals surface area contributed by atoms with Gasteiger partial charge in [0, 0.05) is 24.6 Å². The molecule has 128 valence electrons. The number of likely N-dealkylation sites (tertiary alicyclic amines) is 1. The minimum Gasteiger partial charge on any atom is -0.394 e. The Morgan fingerprint density at radius 1 is 1.38 bits per heavy atom. The van der Waals surface area contributed by atoms with Crippen molar-refractivity contribution in [3.05, 3.63) is 48.5 Å². The van der Waals surface area contributed by atoms with Crippen molar-refractivity contribution in [3.63, 3.8) is 0 Å². The topological polar surface area (TPSA) is 57.5 Å². The molecule has 1 saturated heterocycles. The van der Waals surface area contributed by atoms with Crippen LogP contribution in [0.25, 0.3) is 5.69 Å². The summed E-state index contributed by atoms with van der Waals surface area (Å²) in [7, 11) is 0. The monoisotopic (exact) mass is 331 g/mol. The summed E-state index contributed by atoms with van der Waals surface area (Å²) in [6, 6.07) is 7.76. The molecule has 5 nitrogen and oxygen atoms in total. The van der Waals surface area contributed by atoms with Crippen LogP contribution in [0.1, 0.15) is 19.8 Å². The van der Waals surface area contributed by atoms with Crippen LogP contribution in [0.5, 0.6) is 0 Å². The van der Waals surface area contributed by atoms with Gasteiger partial charge in [0.15, 0.2) is 0 Å². The number of amides is 2. The molecular formula is C18H22FN3O2. The maximum Gasteiger partial charge on any atom is 0.322 e. The summed E-state index contributed by atoms with van der Waals surface area (Å²) in [4.78, 5) is 14.2. The highest BCUT2D eigenvalue weighted by atomic mass is 19.1. The summed E-state index contributed by atoms with van der Waals surface area (Å²) < 4.78 is 15.9. The molecule has 1 fully saturated rings. The average Bonchev–Trinajstić information content (AvgIpc) is 3.11. The van der Waals surface area contributed by atoms with Crippen molar-refractivity contribution >= 4 is 11.7 Å². The molecule has 24 heavy (non-hydrogen) atoms. The predicted octanol–water partition coefficient (Wildman–Crippen LogP) is 3.24. The first kappa shape index (κ1) is 16.5. The molecule has 0 spiro atoms. The van der Waals surface area contributed by atoms with Gasteiger partial charge in [-0.15, -0.1) is 0 Å². The molecule has 6 heteroatoms. The first-order valence-corrected chi connectivity index (χ1v) is 8.21. The molecule has 0 aliphatic carbocycles. The van der Waals surface area contributed by atoms with E-state index in [1.54, 1.807) is 17.0 Å². The Labute approximate surface area is 140 Å². The van der Waals surface area contributed by atoms with Crippen LogP contribution in [-0.2, 0) is 0 Å². The number of hydrogen-bond acceptors (Lipinski definition) is 2. The van der Waals surface area contributed by atoms with Gasteiger partial charge in [-0.1, -0.05) is 6.92 Å². The molecule has 0 bridgehead atoms. The van der Waals surface area contributed by atoms with Crippen molar-refractivity contribution in [2.24, 2.45) is 5.92 Å². The van der Waals surface area contributed by atoms with E-state index in [1.165, 1.54) is 6.07 Å². The number of piperidine rings is 1. The minimum atomic E-state index is -0.482. The highest BCUT2D eigenvalue weighted by molar-refractivity contribution is 5.90. The quantitative estimate of drug-likeness (QED) is 0.907. The molecule has 1 aliphatic rings. The molecule has 1 aromatic heterocycles. The Morgan fingerprint density at radius 3 is 2.83 bits per heavy atom. The Bertz CT molecular complexity index is 702. The highest BCUT2D eigenvalue weighted by Gasteiger charge is 2.31. The van der Waals surface area contributed by atoms with E-state index >= 15 is 0 Å². The summed E-state index contributed by atoms with van der Waals surface area (Å²) >= 11 is 0. The maximum absolute atomic E-state index is 14.1. The summed E-state index contributed by atoms with van der Waals surface area (Å²) in [5, 5.41) is 12.2. The van der Waals surface area contributed by atoms with Crippen LogP contribution in [0.2, 0.25) is 0 Å². The molecule has 2 unspecified atom stereocenters. The van der Waals surface area contributed by atoms with Crippen LogP contribution in [0.4, 0.5) is 14.9 Å². The molecule has 2 atom stereocenters. The number of carbonyl (C=O) groups is 1. The molecular weight excluding hydrogens is 309 g/mol. The Kier molecular flexibility index (Phi) is 4.85. The Balaban J connectivity index is 1.80. The van der Waals surface area contributed by atoms with Crippen LogP contribution in [0.15, 0.2) is 42.7 Å². The molecule has 2 heterocycles. The van der Waals surface area contributed by atoms with E-state index in [0.29, 0.717) is 6.54 Å². The summed E-state index contributed by atoms with van der Waals surface area (Å²) in [6.07, 6.45) is 5.57. The SMILES string of the molecule is CC1CCCN(C(=O)Nc2cc(-n3cccc3)ccc2F)C1CO. The second-order valence-electron chi connectivity index (χ2n) is 6.25. The normalized spacial score (nSPS) is 20.9. The molecule has 2 aromatic rings. The zero-order valence-corrected chi connectivity index (χ0v) is 13.7. The first-order valence-electron chi connectivity index (χ1n) is 8.21. The van der Waals surface area contributed by atoms with Crippen molar-refractivity contribution in [2.45, 2.75) is 25.8 Å². The van der Waals surface area contributed by atoms with E-state index in [-0.39, 0.29) is 30.3 Å². The van der Waals surface area contributed by atoms with Crippen molar-refractivity contribution in [2.75, 3.05) is 18.5 Å². The smallest absolute Gasteiger partial charge is 0.322 e. The summed E-state index contributed by atoms with van der Waals surface area (Å²) in [6.45, 7) is 2.51. The number of carbonyl (C=O) groups excluding carboxylic acids is 1. The average molecular weight is 331 g/mol. The molecule has 0 saturated carbocycles. The molecule has 2 amide bonds. The predicted molar refractivity (Wildman–Crippen MR) is 90.7 cm³/mol. The van der Waals surface area contributed by atoms with Gasteiger partial charge in [-0.2, -0.15) is 0 Å². The summed E-state index contributed by atoms with van der Waals surface area (Å²) in [5.74, 6) is -0.254. The number of anilines is 1. The number of aliphatic hydroxyl groups excluding tert-OH is 1. The summed E-state index contributed by atoms with van der Waals surface area (Å²) in [5.41, 5.74) is 0.906. The van der Waals surface area contributed by atoms with Gasteiger partial charge in [-0.05, 0) is 49.1 Å². The lowest BCUT2D eigenvalue weighted by molar-refractivity contribution is 0.0811. The number of benzene rings is 1. The first-order chi connectivity index (χ1) is 11.6. The van der Waals surface area contributed by atoms with Gasteiger partial charge in [0.1, 0.15) is 5.82 Å². The van der Waals surface area contributed by atoms with Crippen molar-refractivity contribution in [1.82, 2.24) is 9.47 Å². The van der Waals surface area contributed by atoms with Crippen LogP contribution < -0.4 is 5.32 Å². The van der Waals surface area contributed by atoms with E-state index in [1.807, 2.05) is 36.0 Å². The van der Waals surface area contributed by atoms with Crippen LogP contribution in [-0.4, -0.2) is 39.8 Å². The molecule has 1 aromatic carbocycles. The second-order valence-corrected chi connectivity index (χ2v) is 6.25. The van der Waals surface area contributed by atoms with E-state index < -0.39 is 5.82 Å². The van der Waals surface area contributed by atoms with E-state index in [2.05, 4.69) is 5.32 Å². The standard InChI is InChI=1S/C18H22FN3O2/c1-13-5-4-10-22(17(13)12-23)18(24)20-16-11-14(6-7-15(16)19)21-8-2-3-9-21/h2-3,6-9,11,13,17,23H,4-5,10,12H2,1H3,(H,20,24). The Morgan fingerprint density at radius 2 is 2.12 bits per heavy atom. The van der Waals surface area contributed by atoms with Gasteiger partial charge in [-0.25, -0.2) is 9.18 Å². The highest BCUT2D eigenvalue weighted by Crippen LogP contribution is 2.25. The number of nitrogens with one attached hydrogen (secondary N) is 1. The molecule has 2 N–H and O–H groups in total. The van der Waals surface area contributed by atoms with Crippen molar-refractivity contribution in [3.8, 4) is 5.69 Å². The van der Waals surface area contributed by atoms with Crippen molar-refractivity contribution < 1.29 is 14.3 Å². The number of halogens is 1. The van der Waals surface area contributed by atoms with Crippen LogP contribution in [0, 0.1) is 11.7 Å². The lowest BCUT2D eigenvalue weighted by Crippen LogP contribution is -2.51. The third-order valence-electron chi connectivity index (χ3n) is 4.66. The lowest BCUT2D eigenvalue weighted by Gasteiger charge is -2.38. The maximum atomic E-state index is 14.1. The fraction of sp³-hybridized carbons (Fsp3) is 0.389. The molecule has 3 rings (SSSR count). The van der Waals surface area contributed by atoms with Gasteiger partial charge in [0.25, 0.3) is 0 Å². The number of aliphatic hydroxyl groups is 1. The number of nitrogens with zero attached hydrogens (tertiary/aromatic N) is 2. The van der Waals surface area contributed by atoms with E-state index in [0.717, 1.165) is 18.5 Å². The number of urea groups is 1. The van der Waals surface area contributed by atoms with Gasteiger partial charge < -0.3 is 19.9 Å². The van der Waals surface area contributed by atoms with Gasteiger partial charge in [0.2, 0.25) is 0 Å². The minimum absolute atomic E-state index is 0.0829. The molecule has 0 radical (unpaired) electrons. The third kappa shape index (κ3) is 3.28. The Hall–Kier alpha value is -2.34. The van der Waals surface area contributed by atoms with Crippen molar-refractivity contribution in [1.29, 1.82) is 0 Å².